The molecule has 0 radical (unpaired) electrons. The third-order valence-corrected chi connectivity index (χ3v) is 5.07. The van der Waals surface area contributed by atoms with Crippen molar-refractivity contribution in [3.8, 4) is 0 Å². The molecule has 104 valence electrons. The molecule has 0 fully saturated rings. The Morgan fingerprint density at radius 3 is 2.70 bits per heavy atom. The Morgan fingerprint density at radius 2 is 2.05 bits per heavy atom. The van der Waals surface area contributed by atoms with Gasteiger partial charge in [0.2, 0.25) is 5.95 Å². The molecule has 3 rings (SSSR count). The second-order valence-corrected chi connectivity index (χ2v) is 7.39. The lowest BCUT2D eigenvalue weighted by Gasteiger charge is -2.16. The SMILES string of the molecule is Cc1cc(C(C)n2c(N)nc3ccc(Br)cc32)c(C)s1. The van der Waals surface area contributed by atoms with Crippen molar-refractivity contribution in [1.29, 1.82) is 0 Å². The van der Waals surface area contributed by atoms with Gasteiger partial charge in [0.15, 0.2) is 0 Å². The Labute approximate surface area is 130 Å². The Hall–Kier alpha value is -1.33. The number of hydrogen-bond acceptors (Lipinski definition) is 3. The zero-order valence-corrected chi connectivity index (χ0v) is 14.0. The molecule has 0 saturated carbocycles. The number of halogens is 1. The fraction of sp³-hybridized carbons (Fsp3) is 0.267. The van der Waals surface area contributed by atoms with Crippen LogP contribution in [0.3, 0.4) is 0 Å². The van der Waals surface area contributed by atoms with Crippen molar-refractivity contribution in [2.24, 2.45) is 0 Å². The largest absolute Gasteiger partial charge is 0.369 e. The zero-order valence-electron chi connectivity index (χ0n) is 11.6. The second-order valence-electron chi connectivity index (χ2n) is 5.02. The van der Waals surface area contributed by atoms with Crippen LogP contribution in [0.5, 0.6) is 0 Å². The number of nitrogen functional groups attached to an aromatic ring is 1. The van der Waals surface area contributed by atoms with Crippen molar-refractivity contribution >= 4 is 44.2 Å². The van der Waals surface area contributed by atoms with E-state index in [-0.39, 0.29) is 6.04 Å². The molecule has 0 amide bonds. The molecule has 2 heterocycles. The molecule has 0 aliphatic heterocycles. The van der Waals surface area contributed by atoms with Gasteiger partial charge in [-0.1, -0.05) is 15.9 Å². The van der Waals surface area contributed by atoms with Crippen LogP contribution in [0, 0.1) is 13.8 Å². The van der Waals surface area contributed by atoms with Gasteiger partial charge in [0.05, 0.1) is 17.1 Å². The molecule has 1 atom stereocenters. The van der Waals surface area contributed by atoms with E-state index in [2.05, 4.69) is 58.4 Å². The standard InChI is InChI=1S/C15H16BrN3S/c1-8-6-12(10(3)20-8)9(2)19-14-7-11(16)4-5-13(14)18-15(19)17/h4-7,9H,1-3H3,(H2,17,18). The highest BCUT2D eigenvalue weighted by atomic mass is 79.9. The van der Waals surface area contributed by atoms with Crippen molar-refractivity contribution in [3.63, 3.8) is 0 Å². The molecule has 0 aliphatic rings. The van der Waals surface area contributed by atoms with E-state index in [4.69, 9.17) is 5.73 Å². The smallest absolute Gasteiger partial charge is 0.201 e. The summed E-state index contributed by atoms with van der Waals surface area (Å²) in [6.07, 6.45) is 0. The van der Waals surface area contributed by atoms with E-state index in [9.17, 15) is 0 Å². The molecule has 5 heteroatoms. The summed E-state index contributed by atoms with van der Waals surface area (Å²) >= 11 is 5.35. The van der Waals surface area contributed by atoms with Gasteiger partial charge in [0.1, 0.15) is 0 Å². The van der Waals surface area contributed by atoms with Crippen molar-refractivity contribution in [2.45, 2.75) is 26.8 Å². The first kappa shape index (κ1) is 13.6. The quantitative estimate of drug-likeness (QED) is 0.730. The lowest BCUT2D eigenvalue weighted by molar-refractivity contribution is 0.666. The molecule has 0 saturated heterocycles. The summed E-state index contributed by atoms with van der Waals surface area (Å²) in [5, 5.41) is 0. The summed E-state index contributed by atoms with van der Waals surface area (Å²) in [5.41, 5.74) is 9.45. The maximum absolute atomic E-state index is 6.14. The van der Waals surface area contributed by atoms with Crippen molar-refractivity contribution < 1.29 is 0 Å². The first-order valence-corrected chi connectivity index (χ1v) is 8.08. The van der Waals surface area contributed by atoms with Gasteiger partial charge >= 0.3 is 0 Å². The second kappa shape index (κ2) is 4.90. The Morgan fingerprint density at radius 1 is 1.30 bits per heavy atom. The number of fused-ring (bicyclic) bond motifs is 1. The van der Waals surface area contributed by atoms with E-state index in [0.717, 1.165) is 15.5 Å². The van der Waals surface area contributed by atoms with Crippen molar-refractivity contribution in [3.05, 3.63) is 44.1 Å². The van der Waals surface area contributed by atoms with Crippen LogP contribution in [0.15, 0.2) is 28.7 Å². The average molecular weight is 350 g/mol. The number of thiophene rings is 1. The van der Waals surface area contributed by atoms with E-state index < -0.39 is 0 Å². The first-order valence-electron chi connectivity index (χ1n) is 6.47. The van der Waals surface area contributed by atoms with E-state index in [1.807, 2.05) is 23.5 Å². The highest BCUT2D eigenvalue weighted by molar-refractivity contribution is 9.10. The Balaban J connectivity index is 2.20. The van der Waals surface area contributed by atoms with Crippen LogP contribution in [-0.4, -0.2) is 9.55 Å². The van der Waals surface area contributed by atoms with E-state index in [1.54, 1.807) is 0 Å². The van der Waals surface area contributed by atoms with Crippen LogP contribution >= 0.6 is 27.3 Å². The third-order valence-electron chi connectivity index (χ3n) is 3.60. The summed E-state index contributed by atoms with van der Waals surface area (Å²) < 4.78 is 3.14. The molecule has 0 aliphatic carbocycles. The Kier molecular flexibility index (Phi) is 3.34. The summed E-state index contributed by atoms with van der Waals surface area (Å²) in [6.45, 7) is 6.47. The van der Waals surface area contributed by atoms with Gasteiger partial charge in [-0.25, -0.2) is 4.98 Å². The molecule has 0 spiro atoms. The first-order chi connectivity index (χ1) is 9.47. The number of hydrogen-bond donors (Lipinski definition) is 1. The summed E-state index contributed by atoms with van der Waals surface area (Å²) in [6, 6.07) is 8.48. The van der Waals surface area contributed by atoms with E-state index in [1.165, 1.54) is 15.3 Å². The number of nitrogens with zero attached hydrogens (tertiary/aromatic N) is 2. The van der Waals surface area contributed by atoms with Gasteiger partial charge in [-0.3, -0.25) is 0 Å². The van der Waals surface area contributed by atoms with Gasteiger partial charge in [-0.15, -0.1) is 11.3 Å². The number of rotatable bonds is 2. The highest BCUT2D eigenvalue weighted by Gasteiger charge is 2.18. The predicted octanol–water partition coefficient (Wildman–Crippen LogP) is 4.67. The maximum atomic E-state index is 6.14. The fourth-order valence-electron chi connectivity index (χ4n) is 2.70. The monoisotopic (exact) mass is 349 g/mol. The van der Waals surface area contributed by atoms with Gasteiger partial charge in [0.25, 0.3) is 0 Å². The summed E-state index contributed by atoms with van der Waals surface area (Å²) in [7, 11) is 0. The zero-order chi connectivity index (χ0) is 14.4. The van der Waals surface area contributed by atoms with E-state index in [0.29, 0.717) is 5.95 Å². The third kappa shape index (κ3) is 2.15. The minimum absolute atomic E-state index is 0.180. The molecule has 0 bridgehead atoms. The molecule has 1 unspecified atom stereocenters. The summed E-state index contributed by atoms with van der Waals surface area (Å²) in [5.74, 6) is 0.564. The number of aryl methyl sites for hydroxylation is 2. The molecule has 1 aromatic carbocycles. The molecular formula is C15H16BrN3S. The lowest BCUT2D eigenvalue weighted by Crippen LogP contribution is -2.10. The van der Waals surface area contributed by atoms with Gasteiger partial charge < -0.3 is 10.3 Å². The molecule has 20 heavy (non-hydrogen) atoms. The number of benzene rings is 1. The van der Waals surface area contributed by atoms with E-state index >= 15 is 0 Å². The van der Waals surface area contributed by atoms with Crippen LogP contribution in [0.4, 0.5) is 5.95 Å². The molecule has 3 aromatic rings. The fourth-order valence-corrected chi connectivity index (χ4v) is 4.06. The molecule has 2 aromatic heterocycles. The molecule has 2 N–H and O–H groups in total. The molecule has 3 nitrogen and oxygen atoms in total. The van der Waals surface area contributed by atoms with Gasteiger partial charge in [-0.05, 0) is 50.6 Å². The van der Waals surface area contributed by atoms with Crippen LogP contribution in [0.25, 0.3) is 11.0 Å². The number of nitrogens with two attached hydrogens (primary N) is 1. The van der Waals surface area contributed by atoms with Crippen molar-refractivity contribution in [1.82, 2.24) is 9.55 Å². The normalized spacial score (nSPS) is 13.0. The average Bonchev–Trinajstić information content (AvgIpc) is 2.87. The number of anilines is 1. The Bertz CT molecular complexity index is 788. The van der Waals surface area contributed by atoms with Gasteiger partial charge in [0, 0.05) is 14.2 Å². The van der Waals surface area contributed by atoms with Crippen LogP contribution in [0.1, 0.15) is 28.3 Å². The lowest BCUT2D eigenvalue weighted by atomic mass is 10.1. The topological polar surface area (TPSA) is 43.8 Å². The van der Waals surface area contributed by atoms with Gasteiger partial charge in [-0.2, -0.15) is 0 Å². The minimum atomic E-state index is 0.180. The van der Waals surface area contributed by atoms with Crippen LogP contribution < -0.4 is 5.73 Å². The maximum Gasteiger partial charge on any atom is 0.201 e. The number of imidazole rings is 1. The number of aromatic nitrogens is 2. The molecular weight excluding hydrogens is 334 g/mol. The summed E-state index contributed by atoms with van der Waals surface area (Å²) in [4.78, 5) is 7.13. The predicted molar refractivity (Wildman–Crippen MR) is 89.5 cm³/mol. The highest BCUT2D eigenvalue weighted by Crippen LogP contribution is 2.33. The van der Waals surface area contributed by atoms with Crippen molar-refractivity contribution in [2.75, 3.05) is 5.73 Å². The van der Waals surface area contributed by atoms with Crippen LogP contribution in [0.2, 0.25) is 0 Å². The van der Waals surface area contributed by atoms with Crippen LogP contribution in [-0.2, 0) is 0 Å². The minimum Gasteiger partial charge on any atom is -0.369 e.